The zero-order valence-electron chi connectivity index (χ0n) is 20.7. The molecule has 1 heterocycles. The van der Waals surface area contributed by atoms with E-state index >= 15 is 0 Å². The molecule has 8 heteroatoms. The van der Waals surface area contributed by atoms with Crippen molar-refractivity contribution < 1.29 is 34.4 Å². The van der Waals surface area contributed by atoms with E-state index in [-0.39, 0.29) is 0 Å². The van der Waals surface area contributed by atoms with Crippen LogP contribution >= 0.6 is 26.9 Å². The maximum atomic E-state index is 3.64. The number of halogens is 2. The van der Waals surface area contributed by atoms with Crippen molar-refractivity contribution >= 4 is 26.9 Å². The minimum atomic E-state index is 0.960. The molecule has 1 aliphatic heterocycles. The van der Waals surface area contributed by atoms with Gasteiger partial charge in [0.2, 0.25) is 0 Å². The number of hydrogen-bond acceptors (Lipinski definition) is 4. The molecule has 0 unspecified atom stereocenters. The van der Waals surface area contributed by atoms with Gasteiger partial charge in [-0.2, -0.15) is 48.5 Å². The van der Waals surface area contributed by atoms with Gasteiger partial charge in [-0.3, -0.25) is 0 Å². The molecule has 196 valence electrons. The summed E-state index contributed by atoms with van der Waals surface area (Å²) >= 11 is 10.7. The van der Waals surface area contributed by atoms with Crippen molar-refractivity contribution in [3.05, 3.63) is 70.8 Å². The maximum absolute atomic E-state index is 3.64. The van der Waals surface area contributed by atoms with Gasteiger partial charge in [0.05, 0.1) is 0 Å². The summed E-state index contributed by atoms with van der Waals surface area (Å²) in [4.78, 5) is 9.64. The van der Waals surface area contributed by atoms with Crippen LogP contribution in [-0.2, 0) is 60.5 Å². The molecular weight excluding hydrogens is 741 g/mol. The number of benzene rings is 2. The Kier molecular flexibility index (Phi) is 18.8. The normalized spacial score (nSPS) is 18.2. The quantitative estimate of drug-likeness (QED) is 0.270. The van der Waals surface area contributed by atoms with Gasteiger partial charge in [-0.25, -0.2) is 0 Å². The van der Waals surface area contributed by atoms with Crippen LogP contribution in [0, 0.1) is 12.1 Å². The molecule has 4 bridgehead atoms. The fourth-order valence-corrected chi connectivity index (χ4v) is 4.21. The number of rotatable bonds is 0. The van der Waals surface area contributed by atoms with Gasteiger partial charge in [0.15, 0.2) is 0 Å². The first kappa shape index (κ1) is 32.6. The van der Waals surface area contributed by atoms with E-state index in [1.165, 1.54) is 22.3 Å². The van der Waals surface area contributed by atoms with Crippen LogP contribution in [-0.4, -0.2) is 74.0 Å². The van der Waals surface area contributed by atoms with E-state index in [4.69, 9.17) is 0 Å². The summed E-state index contributed by atoms with van der Waals surface area (Å²) in [6.07, 6.45) is 2.33. The fraction of sp³-hybridized carbons (Fsp3) is 0.538. The Bertz CT molecular complexity index is 677. The Morgan fingerprint density at radius 2 is 0.765 bits per heavy atom. The van der Waals surface area contributed by atoms with Crippen molar-refractivity contribution in [2.75, 3.05) is 54.4 Å². The Morgan fingerprint density at radius 3 is 1.00 bits per heavy atom. The van der Waals surface area contributed by atoms with Gasteiger partial charge in [-0.1, -0.05) is 0 Å². The van der Waals surface area contributed by atoms with Gasteiger partial charge in [0, 0.05) is 26.2 Å². The molecule has 34 heavy (non-hydrogen) atoms. The molecule has 0 aliphatic carbocycles. The molecule has 0 spiro atoms. The molecule has 0 fully saturated rings. The van der Waals surface area contributed by atoms with Crippen molar-refractivity contribution in [2.45, 2.75) is 39.0 Å². The zero-order valence-corrected chi connectivity index (χ0v) is 27.0. The molecule has 2 aromatic rings. The zero-order chi connectivity index (χ0) is 25.3. The van der Waals surface area contributed by atoms with Crippen molar-refractivity contribution in [1.82, 2.24) is 19.6 Å². The molecular formula is C26H38Br2N4Pd2. The fourth-order valence-electron chi connectivity index (χ4n) is 4.21. The molecule has 0 atom stereocenters. The van der Waals surface area contributed by atoms with E-state index in [0.29, 0.717) is 0 Å². The molecule has 0 N–H and O–H groups in total. The Morgan fingerprint density at radius 1 is 0.529 bits per heavy atom. The standard InChI is InChI=1S/C26H38N4.2BrH.2Pd/c1-27-13-7-14-28(2)21-25-11-6-12-26(18-25)22-30(4)16-8-15-29(3)20-24-10-5-9-23(17-24)19-27;;;;/h5-6,9-12H,7-8,13-16,19-22H2,1-4H3;2*1H;;/q-2;;;2*+2/p-2. The van der Waals surface area contributed by atoms with E-state index < -0.39 is 0 Å². The second-order valence-corrected chi connectivity index (χ2v) is 9.06. The van der Waals surface area contributed by atoms with Gasteiger partial charge in [0.25, 0.3) is 0 Å². The van der Waals surface area contributed by atoms with E-state index in [2.05, 4.69) is 158 Å². The van der Waals surface area contributed by atoms with Crippen LogP contribution in [0.5, 0.6) is 0 Å². The molecule has 1 aliphatic rings. The van der Waals surface area contributed by atoms with E-state index in [1.54, 1.807) is 0 Å². The Hall–Kier alpha value is 0.565. The van der Waals surface area contributed by atoms with Crippen LogP contribution in [0.25, 0.3) is 0 Å². The topological polar surface area (TPSA) is 13.0 Å². The molecule has 4 nitrogen and oxygen atoms in total. The summed E-state index contributed by atoms with van der Waals surface area (Å²) in [7, 11) is 8.86. The summed E-state index contributed by atoms with van der Waals surface area (Å²) in [6.45, 7) is 8.22. The summed E-state index contributed by atoms with van der Waals surface area (Å²) in [6, 6.07) is 20.5. The Labute approximate surface area is 243 Å². The summed E-state index contributed by atoms with van der Waals surface area (Å²) in [5, 5.41) is 0. The van der Waals surface area contributed by atoms with Crippen molar-refractivity contribution in [2.24, 2.45) is 0 Å². The number of fused-ring (bicyclic) bond motifs is 4. The molecule has 3 rings (SSSR count). The first-order chi connectivity index (χ1) is 16.5. The average Bonchev–Trinajstić information content (AvgIpc) is 2.81. The van der Waals surface area contributed by atoms with Gasteiger partial charge in [0.1, 0.15) is 0 Å². The summed E-state index contributed by atoms with van der Waals surface area (Å²) in [5.74, 6) is 0. The first-order valence-corrected chi connectivity index (χ1v) is 18.6. The van der Waals surface area contributed by atoms with E-state index in [9.17, 15) is 0 Å². The van der Waals surface area contributed by atoms with Crippen LogP contribution in [0.2, 0.25) is 0 Å². The van der Waals surface area contributed by atoms with Gasteiger partial charge < -0.3 is 19.6 Å². The second-order valence-electron chi connectivity index (χ2n) is 9.06. The van der Waals surface area contributed by atoms with E-state index in [1.807, 2.05) is 0 Å². The molecule has 0 saturated heterocycles. The van der Waals surface area contributed by atoms with Crippen LogP contribution in [0.15, 0.2) is 36.4 Å². The molecule has 2 aromatic carbocycles. The van der Waals surface area contributed by atoms with Crippen LogP contribution < -0.4 is 0 Å². The van der Waals surface area contributed by atoms with Crippen molar-refractivity contribution in [3.63, 3.8) is 0 Å². The molecule has 0 saturated carbocycles. The predicted molar refractivity (Wildman–Crippen MR) is 143 cm³/mol. The molecule has 0 amide bonds. The average molecular weight is 779 g/mol. The monoisotopic (exact) mass is 776 g/mol. The van der Waals surface area contributed by atoms with Crippen molar-refractivity contribution in [3.8, 4) is 0 Å². The van der Waals surface area contributed by atoms with Crippen LogP contribution in [0.3, 0.4) is 0 Å². The molecule has 0 aromatic heterocycles. The van der Waals surface area contributed by atoms with Crippen LogP contribution in [0.4, 0.5) is 0 Å². The third kappa shape index (κ3) is 13.8. The summed E-state index contributed by atoms with van der Waals surface area (Å²) in [5.41, 5.74) is 5.16. The van der Waals surface area contributed by atoms with Crippen molar-refractivity contribution in [1.29, 1.82) is 0 Å². The molecule has 0 radical (unpaired) electrons. The summed E-state index contributed by atoms with van der Waals surface area (Å²) < 4.78 is 0. The second kappa shape index (κ2) is 19.6. The number of nitrogens with zero attached hydrogens (tertiary/aromatic N) is 4. The predicted octanol–water partition coefficient (Wildman–Crippen LogP) is 5.19. The van der Waals surface area contributed by atoms with Gasteiger partial charge >= 0.3 is 61.2 Å². The minimum absolute atomic E-state index is 0.960. The number of hydrogen-bond donors (Lipinski definition) is 0. The van der Waals surface area contributed by atoms with Crippen LogP contribution in [0.1, 0.15) is 35.1 Å². The van der Waals surface area contributed by atoms with Gasteiger partial charge in [-0.05, 0) is 67.2 Å². The SMILES string of the molecule is CN1CCCN(C)Cc2[c-]c(ccc2)CN(C)CCCN(C)Cc2[c-]c(ccc2)C1.[Br][Pd+].[Br][Pd+]. The van der Waals surface area contributed by atoms with Gasteiger partial charge in [-0.15, -0.1) is 22.3 Å². The third-order valence-corrected chi connectivity index (χ3v) is 5.75. The third-order valence-electron chi connectivity index (χ3n) is 5.75. The van der Waals surface area contributed by atoms with E-state index in [0.717, 1.165) is 65.2 Å². The first-order valence-electron chi connectivity index (χ1n) is 11.5. The Balaban J connectivity index is 0.00000137.